The lowest BCUT2D eigenvalue weighted by molar-refractivity contribution is -0.383. The largest absolute Gasteiger partial charge is 0.349 e. The molecule has 0 amide bonds. The monoisotopic (exact) mass is 360 g/mol. The van der Waals surface area contributed by atoms with Crippen LogP contribution in [0.5, 0.6) is 0 Å². The van der Waals surface area contributed by atoms with Crippen molar-refractivity contribution in [3.05, 3.63) is 61.0 Å². The van der Waals surface area contributed by atoms with Crippen LogP contribution in [0.15, 0.2) is 40.9 Å². The van der Waals surface area contributed by atoms with Crippen LogP contribution in [0.25, 0.3) is 0 Å². The smallest absolute Gasteiger partial charge is 0.311 e. The fourth-order valence-electron chi connectivity index (χ4n) is 1.54. The maximum absolute atomic E-state index is 11.0. The lowest BCUT2D eigenvalue weighted by Crippen LogP contribution is -1.98. The van der Waals surface area contributed by atoms with E-state index in [2.05, 4.69) is 21.2 Å². The maximum Gasteiger partial charge on any atom is 0.311 e. The number of nitrogens with one attached hydrogen (secondary N) is 1. The number of hydrogen-bond donors (Lipinski definition) is 1. The highest BCUT2D eigenvalue weighted by atomic mass is 79.9. The summed E-state index contributed by atoms with van der Waals surface area (Å²) in [5.74, 6) is 0. The molecule has 0 aliphatic heterocycles. The van der Waals surface area contributed by atoms with E-state index in [4.69, 9.17) is 23.2 Å². The number of benzene rings is 2. The molecule has 98 valence electrons. The molecule has 2 aromatic carbocycles. The van der Waals surface area contributed by atoms with Gasteiger partial charge in [0, 0.05) is 9.50 Å². The summed E-state index contributed by atoms with van der Waals surface area (Å²) < 4.78 is 0.742. The van der Waals surface area contributed by atoms with Crippen LogP contribution in [0.3, 0.4) is 0 Å². The van der Waals surface area contributed by atoms with E-state index in [9.17, 15) is 10.1 Å². The molecule has 2 rings (SSSR count). The summed E-state index contributed by atoms with van der Waals surface area (Å²) in [4.78, 5) is 10.5. The molecule has 0 spiro atoms. The second kappa shape index (κ2) is 5.77. The first-order valence-corrected chi connectivity index (χ1v) is 6.69. The first-order chi connectivity index (χ1) is 8.99. The van der Waals surface area contributed by atoms with Gasteiger partial charge in [0.15, 0.2) is 0 Å². The van der Waals surface area contributed by atoms with Gasteiger partial charge in [0.05, 0.1) is 10.6 Å². The SMILES string of the molecule is O=[N+]([O-])c1c(Cl)cccc1Nc1cc(Cl)ccc1Br. The summed E-state index contributed by atoms with van der Waals surface area (Å²) in [5.41, 5.74) is 0.759. The standard InChI is InChI=1S/C12H7BrCl2N2O2/c13-8-5-4-7(14)6-11(8)16-10-3-1-2-9(15)12(10)17(18)19/h1-6,16H. The van der Waals surface area contributed by atoms with Crippen molar-refractivity contribution < 1.29 is 4.92 Å². The van der Waals surface area contributed by atoms with Crippen LogP contribution in [0.4, 0.5) is 17.1 Å². The quantitative estimate of drug-likeness (QED) is 0.587. The lowest BCUT2D eigenvalue weighted by atomic mass is 10.2. The summed E-state index contributed by atoms with van der Waals surface area (Å²) in [7, 11) is 0. The second-order valence-corrected chi connectivity index (χ2v) is 5.34. The van der Waals surface area contributed by atoms with Gasteiger partial charge in [-0.3, -0.25) is 10.1 Å². The Morgan fingerprint density at radius 3 is 2.58 bits per heavy atom. The number of hydrogen-bond acceptors (Lipinski definition) is 3. The highest BCUT2D eigenvalue weighted by Crippen LogP contribution is 2.36. The van der Waals surface area contributed by atoms with Crippen LogP contribution >= 0.6 is 39.1 Å². The third kappa shape index (κ3) is 3.18. The average molecular weight is 362 g/mol. The Kier molecular flexibility index (Phi) is 4.29. The molecule has 0 bridgehead atoms. The Balaban J connectivity index is 2.46. The summed E-state index contributed by atoms with van der Waals surface area (Å²) in [6.07, 6.45) is 0. The van der Waals surface area contributed by atoms with Crippen LogP contribution in [0, 0.1) is 10.1 Å². The minimum Gasteiger partial charge on any atom is -0.349 e. The third-order valence-corrected chi connectivity index (χ3v) is 3.60. The topological polar surface area (TPSA) is 55.2 Å². The van der Waals surface area contributed by atoms with E-state index < -0.39 is 4.92 Å². The summed E-state index contributed by atoms with van der Waals surface area (Å²) >= 11 is 15.1. The van der Waals surface area contributed by atoms with Gasteiger partial charge in [-0.15, -0.1) is 0 Å². The predicted octanol–water partition coefficient (Wildman–Crippen LogP) is 5.41. The Bertz CT molecular complexity index is 650. The molecule has 19 heavy (non-hydrogen) atoms. The van der Waals surface area contributed by atoms with Crippen molar-refractivity contribution in [3.63, 3.8) is 0 Å². The number of nitro benzene ring substituents is 1. The molecule has 7 heteroatoms. The number of nitro groups is 1. The van der Waals surface area contributed by atoms with Gasteiger partial charge in [0.1, 0.15) is 10.7 Å². The fourth-order valence-corrected chi connectivity index (χ4v) is 2.30. The lowest BCUT2D eigenvalue weighted by Gasteiger charge is -2.10. The molecule has 4 nitrogen and oxygen atoms in total. The van der Waals surface area contributed by atoms with Gasteiger partial charge in [-0.2, -0.15) is 0 Å². The zero-order chi connectivity index (χ0) is 14.0. The maximum atomic E-state index is 11.0. The molecule has 0 saturated carbocycles. The zero-order valence-corrected chi connectivity index (χ0v) is 12.5. The Morgan fingerprint density at radius 1 is 1.16 bits per heavy atom. The summed E-state index contributed by atoms with van der Waals surface area (Å²) in [5, 5.41) is 14.6. The van der Waals surface area contributed by atoms with Crippen molar-refractivity contribution in [2.75, 3.05) is 5.32 Å². The Morgan fingerprint density at radius 2 is 1.89 bits per heavy atom. The van der Waals surface area contributed by atoms with E-state index in [-0.39, 0.29) is 10.7 Å². The van der Waals surface area contributed by atoms with Crippen LogP contribution in [0.1, 0.15) is 0 Å². The van der Waals surface area contributed by atoms with E-state index in [0.717, 1.165) is 4.47 Å². The van der Waals surface area contributed by atoms with Crippen molar-refractivity contribution in [1.82, 2.24) is 0 Å². The van der Waals surface area contributed by atoms with E-state index in [1.807, 2.05) is 0 Å². The molecule has 1 N–H and O–H groups in total. The summed E-state index contributed by atoms with van der Waals surface area (Å²) in [6, 6.07) is 9.81. The van der Waals surface area contributed by atoms with Crippen molar-refractivity contribution in [1.29, 1.82) is 0 Å². The van der Waals surface area contributed by atoms with Gasteiger partial charge in [-0.1, -0.05) is 29.3 Å². The molecule has 2 aromatic rings. The molecule has 0 aromatic heterocycles. The number of anilines is 2. The van der Waals surface area contributed by atoms with Crippen LogP contribution in [-0.2, 0) is 0 Å². The second-order valence-electron chi connectivity index (χ2n) is 3.64. The highest BCUT2D eigenvalue weighted by Gasteiger charge is 2.18. The van der Waals surface area contributed by atoms with Gasteiger partial charge >= 0.3 is 5.69 Å². The molecule has 0 unspecified atom stereocenters. The van der Waals surface area contributed by atoms with Gasteiger partial charge in [-0.25, -0.2) is 0 Å². The summed E-state index contributed by atoms with van der Waals surface area (Å²) in [6.45, 7) is 0. The van der Waals surface area contributed by atoms with Crippen molar-refractivity contribution in [2.24, 2.45) is 0 Å². The third-order valence-electron chi connectivity index (χ3n) is 2.37. The van der Waals surface area contributed by atoms with Gasteiger partial charge in [0.25, 0.3) is 0 Å². The zero-order valence-electron chi connectivity index (χ0n) is 9.36. The normalized spacial score (nSPS) is 10.3. The molecule has 0 saturated heterocycles. The number of rotatable bonds is 3. The molecule has 0 fully saturated rings. The van der Waals surface area contributed by atoms with Crippen LogP contribution in [0.2, 0.25) is 10.0 Å². The van der Waals surface area contributed by atoms with Gasteiger partial charge in [0.2, 0.25) is 0 Å². The predicted molar refractivity (Wildman–Crippen MR) is 80.5 cm³/mol. The van der Waals surface area contributed by atoms with E-state index in [1.165, 1.54) is 6.07 Å². The van der Waals surface area contributed by atoms with Crippen molar-refractivity contribution >= 4 is 56.2 Å². The van der Waals surface area contributed by atoms with E-state index in [1.54, 1.807) is 30.3 Å². The van der Waals surface area contributed by atoms with Crippen LogP contribution < -0.4 is 5.32 Å². The minimum absolute atomic E-state index is 0.0770. The molecule has 0 aliphatic rings. The molecule has 0 radical (unpaired) electrons. The Hall–Kier alpha value is -1.30. The fraction of sp³-hybridized carbons (Fsp3) is 0. The van der Waals surface area contributed by atoms with E-state index >= 15 is 0 Å². The molecule has 0 aliphatic carbocycles. The van der Waals surface area contributed by atoms with Gasteiger partial charge in [-0.05, 0) is 46.3 Å². The first-order valence-electron chi connectivity index (χ1n) is 5.14. The molecular weight excluding hydrogens is 355 g/mol. The Labute approximate surface area is 127 Å². The van der Waals surface area contributed by atoms with Crippen molar-refractivity contribution in [2.45, 2.75) is 0 Å². The number of nitrogens with zero attached hydrogens (tertiary/aromatic N) is 1. The minimum atomic E-state index is -0.525. The number of para-hydroxylation sites is 1. The van der Waals surface area contributed by atoms with Crippen molar-refractivity contribution in [3.8, 4) is 0 Å². The van der Waals surface area contributed by atoms with Gasteiger partial charge < -0.3 is 5.32 Å². The molecular formula is C12H7BrCl2N2O2. The highest BCUT2D eigenvalue weighted by molar-refractivity contribution is 9.10. The van der Waals surface area contributed by atoms with E-state index in [0.29, 0.717) is 16.4 Å². The molecule has 0 heterocycles. The van der Waals surface area contributed by atoms with Crippen LogP contribution in [-0.4, -0.2) is 4.92 Å². The molecule has 0 atom stereocenters. The average Bonchev–Trinajstić information content (AvgIpc) is 2.33. The number of halogens is 3. The first kappa shape index (κ1) is 14.1.